The van der Waals surface area contributed by atoms with E-state index in [9.17, 15) is 27.2 Å². The number of amides is 3. The number of anilines is 1. The fourth-order valence-corrected chi connectivity index (χ4v) is 4.08. The number of nitrogens with one attached hydrogen (secondary N) is 1. The number of alkyl halides is 3. The van der Waals surface area contributed by atoms with E-state index in [-0.39, 0.29) is 22.8 Å². The zero-order chi connectivity index (χ0) is 27.2. The number of benzene rings is 2. The highest BCUT2D eigenvalue weighted by Crippen LogP contribution is 2.30. The van der Waals surface area contributed by atoms with Crippen molar-refractivity contribution in [2.45, 2.75) is 39.9 Å². The van der Waals surface area contributed by atoms with Gasteiger partial charge in [-0.2, -0.15) is 13.2 Å². The van der Waals surface area contributed by atoms with Gasteiger partial charge in [-0.3, -0.25) is 9.69 Å². The minimum absolute atomic E-state index is 0.0240. The van der Waals surface area contributed by atoms with E-state index in [2.05, 4.69) is 10.2 Å². The number of rotatable bonds is 7. The van der Waals surface area contributed by atoms with Crippen molar-refractivity contribution in [3.8, 4) is 0 Å². The first-order chi connectivity index (χ1) is 17.3. The van der Waals surface area contributed by atoms with Crippen LogP contribution in [0.3, 0.4) is 0 Å². The van der Waals surface area contributed by atoms with Crippen LogP contribution in [0.2, 0.25) is 0 Å². The number of urea groups is 1. The van der Waals surface area contributed by atoms with E-state index in [4.69, 9.17) is 0 Å². The fraction of sp³-hybridized carbons (Fsp3) is 0.481. The molecule has 1 fully saturated rings. The van der Waals surface area contributed by atoms with Crippen molar-refractivity contribution < 1.29 is 27.2 Å². The molecule has 1 aliphatic heterocycles. The monoisotopic (exact) mass is 522 g/mol. The second-order valence-corrected chi connectivity index (χ2v) is 10.5. The summed E-state index contributed by atoms with van der Waals surface area (Å²) in [6.07, 6.45) is -4.09. The van der Waals surface area contributed by atoms with E-state index < -0.39 is 17.8 Å². The summed E-state index contributed by atoms with van der Waals surface area (Å²) in [6.45, 7) is 9.48. The molecule has 0 atom stereocenters. The predicted octanol–water partition coefficient (Wildman–Crippen LogP) is 5.46. The van der Waals surface area contributed by atoms with Crippen molar-refractivity contribution in [3.63, 3.8) is 0 Å². The fourth-order valence-electron chi connectivity index (χ4n) is 4.08. The highest BCUT2D eigenvalue weighted by atomic mass is 19.4. The third kappa shape index (κ3) is 9.03. The maximum absolute atomic E-state index is 13.3. The Labute approximate surface area is 215 Å². The molecule has 37 heavy (non-hydrogen) atoms. The summed E-state index contributed by atoms with van der Waals surface area (Å²) in [7, 11) is 0. The van der Waals surface area contributed by atoms with Gasteiger partial charge in [-0.05, 0) is 41.3 Å². The molecular formula is C27H34F4N4O2. The number of halogens is 4. The molecule has 3 rings (SSSR count). The van der Waals surface area contributed by atoms with E-state index in [0.29, 0.717) is 52.2 Å². The van der Waals surface area contributed by atoms with Gasteiger partial charge in [0.2, 0.25) is 5.91 Å². The molecule has 0 aliphatic carbocycles. The molecule has 1 N–H and O–H groups in total. The quantitative estimate of drug-likeness (QED) is 0.492. The summed E-state index contributed by atoms with van der Waals surface area (Å²) in [6, 6.07) is 10.2. The average Bonchev–Trinajstić information content (AvgIpc) is 2.82. The minimum Gasteiger partial charge on any atom is -0.337 e. The van der Waals surface area contributed by atoms with Gasteiger partial charge in [-0.25, -0.2) is 9.18 Å². The van der Waals surface area contributed by atoms with Crippen molar-refractivity contribution in [2.24, 2.45) is 5.41 Å². The molecule has 0 aromatic heterocycles. The van der Waals surface area contributed by atoms with E-state index in [1.54, 1.807) is 21.9 Å². The number of carbonyl (C=O) groups excluding carboxylic acids is 2. The van der Waals surface area contributed by atoms with Gasteiger partial charge in [-0.1, -0.05) is 39.0 Å². The van der Waals surface area contributed by atoms with Gasteiger partial charge in [0.25, 0.3) is 0 Å². The SMILES string of the molecule is CC(C)(C)CC(=O)N(CCN1CCN(C(=O)Nc2cccc(C(F)(F)F)c2)CC1)Cc1ccc(F)cc1. The van der Waals surface area contributed by atoms with Crippen LogP contribution < -0.4 is 5.32 Å². The van der Waals surface area contributed by atoms with Crippen LogP contribution in [-0.2, 0) is 17.5 Å². The predicted molar refractivity (Wildman–Crippen MR) is 134 cm³/mol. The molecule has 0 spiro atoms. The first kappa shape index (κ1) is 28.4. The minimum atomic E-state index is -4.48. The molecular weight excluding hydrogens is 488 g/mol. The van der Waals surface area contributed by atoms with Crippen molar-refractivity contribution >= 4 is 17.6 Å². The number of carbonyl (C=O) groups is 2. The zero-order valence-corrected chi connectivity index (χ0v) is 21.4. The van der Waals surface area contributed by atoms with Crippen molar-refractivity contribution in [1.82, 2.24) is 14.7 Å². The first-order valence-electron chi connectivity index (χ1n) is 12.3. The van der Waals surface area contributed by atoms with Crippen LogP contribution in [0.5, 0.6) is 0 Å². The lowest BCUT2D eigenvalue weighted by molar-refractivity contribution is -0.137. The van der Waals surface area contributed by atoms with Crippen LogP contribution in [0.15, 0.2) is 48.5 Å². The molecule has 0 unspecified atom stereocenters. The highest BCUT2D eigenvalue weighted by molar-refractivity contribution is 5.89. The Morgan fingerprint density at radius 1 is 0.973 bits per heavy atom. The molecule has 2 aromatic rings. The van der Waals surface area contributed by atoms with Gasteiger partial charge in [-0.15, -0.1) is 0 Å². The van der Waals surface area contributed by atoms with Crippen molar-refractivity contribution in [3.05, 3.63) is 65.5 Å². The topological polar surface area (TPSA) is 55.9 Å². The number of nitrogens with zero attached hydrogens (tertiary/aromatic N) is 3. The third-order valence-corrected chi connectivity index (χ3v) is 6.11. The van der Waals surface area contributed by atoms with Gasteiger partial charge in [0.05, 0.1) is 5.56 Å². The Hall–Kier alpha value is -3.14. The molecule has 3 amide bonds. The summed E-state index contributed by atoms with van der Waals surface area (Å²) in [4.78, 5) is 31.1. The van der Waals surface area contributed by atoms with Crippen LogP contribution >= 0.6 is 0 Å². The lowest BCUT2D eigenvalue weighted by Gasteiger charge is -2.36. The molecule has 2 aromatic carbocycles. The Balaban J connectivity index is 1.53. The second kappa shape index (κ2) is 11.9. The summed E-state index contributed by atoms with van der Waals surface area (Å²) in [5.74, 6) is -0.304. The average molecular weight is 523 g/mol. The van der Waals surface area contributed by atoms with Gasteiger partial charge in [0.15, 0.2) is 0 Å². The van der Waals surface area contributed by atoms with Crippen LogP contribution in [0.1, 0.15) is 38.3 Å². The summed E-state index contributed by atoms with van der Waals surface area (Å²) >= 11 is 0. The van der Waals surface area contributed by atoms with Crippen LogP contribution in [-0.4, -0.2) is 65.9 Å². The lowest BCUT2D eigenvalue weighted by atomic mass is 9.91. The Bertz CT molecular complexity index is 1060. The number of hydrogen-bond acceptors (Lipinski definition) is 3. The highest BCUT2D eigenvalue weighted by Gasteiger charge is 2.31. The van der Waals surface area contributed by atoms with Crippen molar-refractivity contribution in [2.75, 3.05) is 44.6 Å². The van der Waals surface area contributed by atoms with Gasteiger partial charge >= 0.3 is 12.2 Å². The zero-order valence-electron chi connectivity index (χ0n) is 21.4. The first-order valence-corrected chi connectivity index (χ1v) is 12.3. The molecule has 1 heterocycles. The molecule has 6 nitrogen and oxygen atoms in total. The normalized spacial score (nSPS) is 14.9. The maximum Gasteiger partial charge on any atom is 0.416 e. The smallest absolute Gasteiger partial charge is 0.337 e. The van der Waals surface area contributed by atoms with E-state index in [1.165, 1.54) is 24.3 Å². The largest absolute Gasteiger partial charge is 0.416 e. The van der Waals surface area contributed by atoms with Crippen LogP contribution in [0.4, 0.5) is 28.0 Å². The van der Waals surface area contributed by atoms with Gasteiger partial charge < -0.3 is 15.1 Å². The molecule has 0 radical (unpaired) electrons. The van der Waals surface area contributed by atoms with E-state index in [0.717, 1.165) is 17.7 Å². The van der Waals surface area contributed by atoms with E-state index >= 15 is 0 Å². The third-order valence-electron chi connectivity index (χ3n) is 6.11. The standard InChI is InChI=1S/C27H34F4N4O2/c1-26(2,3)18-24(36)35(19-20-7-9-22(28)10-8-20)16-13-33-11-14-34(15-12-33)25(37)32-23-6-4-5-21(17-23)27(29,30)31/h4-10,17H,11-16,18-19H2,1-3H3,(H,32,37). The summed E-state index contributed by atoms with van der Waals surface area (Å²) < 4.78 is 52.1. The number of hydrogen-bond donors (Lipinski definition) is 1. The van der Waals surface area contributed by atoms with Gasteiger partial charge in [0, 0.05) is 57.9 Å². The summed E-state index contributed by atoms with van der Waals surface area (Å²) in [5, 5.41) is 2.55. The van der Waals surface area contributed by atoms with Crippen LogP contribution in [0, 0.1) is 11.2 Å². The Morgan fingerprint density at radius 2 is 1.62 bits per heavy atom. The lowest BCUT2D eigenvalue weighted by Crippen LogP contribution is -2.51. The Kier molecular flexibility index (Phi) is 9.17. The molecule has 0 bridgehead atoms. The maximum atomic E-state index is 13.3. The van der Waals surface area contributed by atoms with E-state index in [1.807, 2.05) is 20.8 Å². The summed E-state index contributed by atoms with van der Waals surface area (Å²) in [5.41, 5.74) is -0.0476. The molecule has 0 saturated carbocycles. The second-order valence-electron chi connectivity index (χ2n) is 10.5. The Morgan fingerprint density at radius 3 is 2.22 bits per heavy atom. The molecule has 1 saturated heterocycles. The van der Waals surface area contributed by atoms with Gasteiger partial charge in [0.1, 0.15) is 5.82 Å². The molecule has 202 valence electrons. The molecule has 10 heteroatoms. The molecule has 1 aliphatic rings. The van der Waals surface area contributed by atoms with Crippen LogP contribution in [0.25, 0.3) is 0 Å². The van der Waals surface area contributed by atoms with Crippen molar-refractivity contribution in [1.29, 1.82) is 0 Å². The number of piperazine rings is 1.